The maximum absolute atomic E-state index is 9.65. The molecule has 5 nitrogen and oxygen atoms in total. The summed E-state index contributed by atoms with van der Waals surface area (Å²) in [5, 5.41) is 14.3. The van der Waals surface area contributed by atoms with Crippen LogP contribution < -0.4 is 0 Å². The molecule has 10 aromatic rings. The van der Waals surface area contributed by atoms with Crippen LogP contribution in [0.2, 0.25) is 0 Å². The number of pyridine rings is 2. The van der Waals surface area contributed by atoms with Gasteiger partial charge in [0.25, 0.3) is 0 Å². The second-order valence-electron chi connectivity index (χ2n) is 13.0. The fourth-order valence-electron chi connectivity index (χ4n) is 7.66. The van der Waals surface area contributed by atoms with E-state index in [-0.39, 0.29) is 0 Å². The lowest BCUT2D eigenvalue weighted by Crippen LogP contribution is -1.97. The van der Waals surface area contributed by atoms with Gasteiger partial charge in [-0.1, -0.05) is 97.1 Å². The van der Waals surface area contributed by atoms with Gasteiger partial charge in [0.15, 0.2) is 0 Å². The molecular formula is C47H29N5. The minimum atomic E-state index is 0.603. The highest BCUT2D eigenvalue weighted by molar-refractivity contribution is 6.25. The van der Waals surface area contributed by atoms with Crippen LogP contribution in [0.3, 0.4) is 0 Å². The van der Waals surface area contributed by atoms with Crippen LogP contribution in [0.1, 0.15) is 5.56 Å². The molecule has 0 bridgehead atoms. The molecular weight excluding hydrogens is 635 g/mol. The van der Waals surface area contributed by atoms with Crippen LogP contribution in [0, 0.1) is 11.3 Å². The summed E-state index contributed by atoms with van der Waals surface area (Å²) in [7, 11) is 0. The molecule has 0 aliphatic heterocycles. The van der Waals surface area contributed by atoms with E-state index < -0.39 is 0 Å². The fraction of sp³-hybridized carbons (Fsp3) is 0. The van der Waals surface area contributed by atoms with Crippen molar-refractivity contribution < 1.29 is 0 Å². The molecule has 4 heterocycles. The fourth-order valence-corrected chi connectivity index (χ4v) is 7.66. The first kappa shape index (κ1) is 29.6. The summed E-state index contributed by atoms with van der Waals surface area (Å²) in [6.07, 6.45) is 1.88. The number of rotatable bonds is 5. The Bertz CT molecular complexity index is 3020. The van der Waals surface area contributed by atoms with Crippen molar-refractivity contribution in [2.24, 2.45) is 0 Å². The summed E-state index contributed by atoms with van der Waals surface area (Å²) < 4.78 is 4.69. The van der Waals surface area contributed by atoms with Gasteiger partial charge in [0.2, 0.25) is 0 Å². The average molecular weight is 664 g/mol. The molecule has 0 unspecified atom stereocenters. The Hall–Kier alpha value is -7.29. The van der Waals surface area contributed by atoms with Gasteiger partial charge in [-0.2, -0.15) is 5.26 Å². The maximum atomic E-state index is 9.65. The van der Waals surface area contributed by atoms with E-state index in [1.54, 1.807) is 0 Å². The molecule has 0 atom stereocenters. The van der Waals surface area contributed by atoms with Gasteiger partial charge in [-0.05, 0) is 83.9 Å². The molecule has 0 saturated heterocycles. The zero-order valence-corrected chi connectivity index (χ0v) is 28.0. The van der Waals surface area contributed by atoms with E-state index in [0.29, 0.717) is 5.56 Å². The molecule has 242 valence electrons. The van der Waals surface area contributed by atoms with Gasteiger partial charge in [0.1, 0.15) is 5.65 Å². The van der Waals surface area contributed by atoms with E-state index >= 15 is 0 Å². The molecule has 0 radical (unpaired) electrons. The van der Waals surface area contributed by atoms with Crippen molar-refractivity contribution >= 4 is 43.7 Å². The lowest BCUT2D eigenvalue weighted by atomic mass is 9.99. The number of fused-ring (bicyclic) bond motifs is 7. The topological polar surface area (TPSA) is 59.4 Å². The van der Waals surface area contributed by atoms with E-state index in [2.05, 4.69) is 137 Å². The molecule has 0 aliphatic rings. The van der Waals surface area contributed by atoms with Crippen molar-refractivity contribution in [1.29, 1.82) is 5.26 Å². The van der Waals surface area contributed by atoms with Crippen LogP contribution in [0.4, 0.5) is 0 Å². The average Bonchev–Trinajstić information content (AvgIpc) is 3.74. The Kier molecular flexibility index (Phi) is 6.80. The molecule has 0 saturated carbocycles. The van der Waals surface area contributed by atoms with Gasteiger partial charge in [-0.3, -0.25) is 4.57 Å². The highest BCUT2D eigenvalue weighted by Gasteiger charge is 2.21. The van der Waals surface area contributed by atoms with Gasteiger partial charge in [-0.25, -0.2) is 9.97 Å². The number of aromatic nitrogens is 4. The first-order valence-corrected chi connectivity index (χ1v) is 17.3. The standard InChI is InChI=1S/C47H29N5/c48-30-31-12-9-16-34(26-31)42-29-35(28-41(50-42)32-13-3-1-4-14-32)33-15-10-19-37(27-33)52-46-38(39-21-11-25-49-47(39)52)23-24-44-45(46)40-20-7-8-22-43(40)51(44)36-17-5-2-6-18-36/h1-29H. The molecule has 52 heavy (non-hydrogen) atoms. The highest BCUT2D eigenvalue weighted by Crippen LogP contribution is 2.42. The predicted molar refractivity (Wildman–Crippen MR) is 212 cm³/mol. The van der Waals surface area contributed by atoms with Crippen molar-refractivity contribution in [3.8, 4) is 51.1 Å². The lowest BCUT2D eigenvalue weighted by molar-refractivity contribution is 1.14. The number of nitriles is 1. The van der Waals surface area contributed by atoms with E-state index in [1.165, 1.54) is 10.8 Å². The largest absolute Gasteiger partial charge is 0.309 e. The van der Waals surface area contributed by atoms with Gasteiger partial charge in [-0.15, -0.1) is 0 Å². The first-order chi connectivity index (χ1) is 25.7. The monoisotopic (exact) mass is 663 g/mol. The Balaban J connectivity index is 1.24. The Morgan fingerprint density at radius 2 is 1.15 bits per heavy atom. The molecule has 4 aromatic heterocycles. The van der Waals surface area contributed by atoms with Crippen LogP contribution in [-0.2, 0) is 0 Å². The third-order valence-corrected chi connectivity index (χ3v) is 9.96. The second kappa shape index (κ2) is 11.9. The number of benzene rings is 6. The van der Waals surface area contributed by atoms with Gasteiger partial charge in [0.05, 0.1) is 39.6 Å². The first-order valence-electron chi connectivity index (χ1n) is 17.3. The Labute approximate surface area is 299 Å². The summed E-state index contributed by atoms with van der Waals surface area (Å²) >= 11 is 0. The molecule has 0 N–H and O–H groups in total. The third kappa shape index (κ3) is 4.70. The quantitative estimate of drug-likeness (QED) is 0.184. The van der Waals surface area contributed by atoms with Crippen molar-refractivity contribution in [3.63, 3.8) is 0 Å². The Morgan fingerprint density at radius 1 is 0.462 bits per heavy atom. The third-order valence-electron chi connectivity index (χ3n) is 9.96. The van der Waals surface area contributed by atoms with Crippen LogP contribution in [0.15, 0.2) is 176 Å². The van der Waals surface area contributed by atoms with Crippen LogP contribution in [0.25, 0.3) is 88.8 Å². The summed E-state index contributed by atoms with van der Waals surface area (Å²) in [6.45, 7) is 0. The zero-order valence-electron chi connectivity index (χ0n) is 28.0. The lowest BCUT2D eigenvalue weighted by Gasteiger charge is -2.13. The smallest absolute Gasteiger partial charge is 0.145 e. The normalized spacial score (nSPS) is 11.4. The van der Waals surface area contributed by atoms with Gasteiger partial charge < -0.3 is 4.57 Å². The van der Waals surface area contributed by atoms with E-state index in [9.17, 15) is 5.26 Å². The number of nitrogens with zero attached hydrogens (tertiary/aromatic N) is 5. The van der Waals surface area contributed by atoms with E-state index in [4.69, 9.17) is 9.97 Å². The Morgan fingerprint density at radius 3 is 2.00 bits per heavy atom. The molecule has 0 amide bonds. The molecule has 0 aliphatic carbocycles. The molecule has 0 fully saturated rings. The molecule has 10 rings (SSSR count). The molecule has 0 spiro atoms. The number of para-hydroxylation sites is 2. The van der Waals surface area contributed by atoms with Crippen molar-refractivity contribution in [1.82, 2.24) is 19.1 Å². The van der Waals surface area contributed by atoms with Gasteiger partial charge >= 0.3 is 0 Å². The second-order valence-corrected chi connectivity index (χ2v) is 13.0. The predicted octanol–water partition coefficient (Wildman–Crippen LogP) is 11.5. The number of hydrogen-bond acceptors (Lipinski definition) is 3. The maximum Gasteiger partial charge on any atom is 0.145 e. The van der Waals surface area contributed by atoms with Crippen molar-refractivity contribution in [3.05, 3.63) is 182 Å². The summed E-state index contributed by atoms with van der Waals surface area (Å²) in [5.74, 6) is 0. The minimum absolute atomic E-state index is 0.603. The highest BCUT2D eigenvalue weighted by atomic mass is 15.1. The van der Waals surface area contributed by atoms with Crippen LogP contribution >= 0.6 is 0 Å². The zero-order chi connectivity index (χ0) is 34.6. The summed E-state index contributed by atoms with van der Waals surface area (Å²) in [6, 6.07) is 61.1. The summed E-state index contributed by atoms with van der Waals surface area (Å²) in [5.41, 5.74) is 12.8. The van der Waals surface area contributed by atoms with Crippen molar-refractivity contribution in [2.75, 3.05) is 0 Å². The molecule has 5 heteroatoms. The molecule has 6 aromatic carbocycles. The van der Waals surface area contributed by atoms with E-state index in [1.807, 2.05) is 54.7 Å². The minimum Gasteiger partial charge on any atom is -0.309 e. The van der Waals surface area contributed by atoms with Crippen LogP contribution in [-0.4, -0.2) is 19.1 Å². The van der Waals surface area contributed by atoms with Crippen LogP contribution in [0.5, 0.6) is 0 Å². The van der Waals surface area contributed by atoms with Gasteiger partial charge in [0, 0.05) is 50.2 Å². The summed E-state index contributed by atoms with van der Waals surface area (Å²) in [4.78, 5) is 10.1. The van der Waals surface area contributed by atoms with E-state index in [0.717, 1.165) is 78.0 Å². The number of hydrogen-bond donors (Lipinski definition) is 0. The SMILES string of the molecule is N#Cc1cccc(-c2cc(-c3cccc(-n4c5ncccc5c5ccc6c(c7ccccc7n6-c6ccccc6)c54)c3)cc(-c3ccccc3)n2)c1. The van der Waals surface area contributed by atoms with Crippen molar-refractivity contribution in [2.45, 2.75) is 0 Å².